The number of H-pyrrole nitrogens is 1. The Hall–Kier alpha value is -3.02. The molecule has 0 bridgehead atoms. The molecule has 0 amide bonds. The molecule has 1 aromatic heterocycles. The van der Waals surface area contributed by atoms with Crippen LogP contribution in [0.15, 0.2) is 53.3 Å². The Balaban J connectivity index is 1.99. The van der Waals surface area contributed by atoms with Crippen LogP contribution in [0.1, 0.15) is 5.56 Å². The molecule has 0 unspecified atom stereocenters. The van der Waals surface area contributed by atoms with E-state index in [9.17, 15) is 13.6 Å². The highest BCUT2D eigenvalue weighted by Gasteiger charge is 2.08. The van der Waals surface area contributed by atoms with Gasteiger partial charge in [0.1, 0.15) is 11.6 Å². The second-order valence-corrected chi connectivity index (χ2v) is 5.10. The van der Waals surface area contributed by atoms with Gasteiger partial charge in [0, 0.05) is 17.7 Å². The van der Waals surface area contributed by atoms with Crippen LogP contribution in [0.25, 0.3) is 11.3 Å². The summed E-state index contributed by atoms with van der Waals surface area (Å²) in [6.45, 7) is 1.93. The Bertz CT molecular complexity index is 922. The Kier molecular flexibility index (Phi) is 3.89. The molecule has 2 aromatic carbocycles. The highest BCUT2D eigenvalue weighted by atomic mass is 19.1. The zero-order valence-electron chi connectivity index (χ0n) is 12.2. The molecule has 0 aliphatic heterocycles. The summed E-state index contributed by atoms with van der Waals surface area (Å²) in [6.07, 6.45) is 0. The molecule has 2 N–H and O–H groups in total. The smallest absolute Gasteiger partial charge is 0.252 e. The molecule has 0 atom stereocenters. The number of benzene rings is 2. The lowest BCUT2D eigenvalue weighted by Gasteiger charge is -2.08. The van der Waals surface area contributed by atoms with Gasteiger partial charge in [0.25, 0.3) is 5.56 Å². The van der Waals surface area contributed by atoms with Gasteiger partial charge in [0.05, 0.1) is 11.4 Å². The first kappa shape index (κ1) is 14.9. The van der Waals surface area contributed by atoms with Crippen molar-refractivity contribution in [2.45, 2.75) is 6.92 Å². The molecule has 0 fully saturated rings. The van der Waals surface area contributed by atoms with Gasteiger partial charge in [-0.2, -0.15) is 0 Å². The van der Waals surface area contributed by atoms with Crippen LogP contribution >= 0.6 is 0 Å². The van der Waals surface area contributed by atoms with Crippen molar-refractivity contribution in [1.82, 2.24) is 9.97 Å². The SMILES string of the molecule is Cc1cccc(-c2cc(=O)[nH]c(Nc3ccc(F)cc3F)n2)c1. The summed E-state index contributed by atoms with van der Waals surface area (Å²) >= 11 is 0. The van der Waals surface area contributed by atoms with Crippen LogP contribution in [0.4, 0.5) is 20.4 Å². The van der Waals surface area contributed by atoms with Gasteiger partial charge >= 0.3 is 0 Å². The van der Waals surface area contributed by atoms with E-state index in [2.05, 4.69) is 15.3 Å². The van der Waals surface area contributed by atoms with Crippen LogP contribution in [0.5, 0.6) is 0 Å². The molecule has 3 aromatic rings. The van der Waals surface area contributed by atoms with Crippen molar-refractivity contribution in [2.75, 3.05) is 5.32 Å². The average Bonchev–Trinajstić information content (AvgIpc) is 2.50. The minimum Gasteiger partial charge on any atom is -0.323 e. The number of aryl methyl sites for hydroxylation is 1. The van der Waals surface area contributed by atoms with Crippen molar-refractivity contribution < 1.29 is 8.78 Å². The molecule has 0 aliphatic carbocycles. The molecule has 0 saturated carbocycles. The summed E-state index contributed by atoms with van der Waals surface area (Å²) in [4.78, 5) is 18.6. The largest absolute Gasteiger partial charge is 0.323 e. The van der Waals surface area contributed by atoms with Crippen LogP contribution < -0.4 is 10.9 Å². The van der Waals surface area contributed by atoms with Crippen molar-refractivity contribution in [3.8, 4) is 11.3 Å². The highest BCUT2D eigenvalue weighted by molar-refractivity contribution is 5.62. The van der Waals surface area contributed by atoms with Gasteiger partial charge in [-0.15, -0.1) is 0 Å². The molecular weight excluding hydrogens is 300 g/mol. The van der Waals surface area contributed by atoms with Crippen LogP contribution in [0.3, 0.4) is 0 Å². The lowest BCUT2D eigenvalue weighted by molar-refractivity contribution is 0.586. The maximum Gasteiger partial charge on any atom is 0.252 e. The van der Waals surface area contributed by atoms with E-state index < -0.39 is 11.6 Å². The maximum atomic E-state index is 13.7. The first-order valence-corrected chi connectivity index (χ1v) is 6.92. The molecule has 4 nitrogen and oxygen atoms in total. The van der Waals surface area contributed by atoms with E-state index in [0.29, 0.717) is 5.69 Å². The van der Waals surface area contributed by atoms with Crippen LogP contribution in [-0.4, -0.2) is 9.97 Å². The second kappa shape index (κ2) is 6.00. The van der Waals surface area contributed by atoms with Gasteiger partial charge < -0.3 is 5.32 Å². The number of aromatic amines is 1. The molecule has 116 valence electrons. The molecule has 3 rings (SSSR count). The van der Waals surface area contributed by atoms with Gasteiger partial charge in [-0.25, -0.2) is 13.8 Å². The quantitative estimate of drug-likeness (QED) is 0.774. The number of anilines is 2. The molecule has 23 heavy (non-hydrogen) atoms. The Morgan fingerprint density at radius 1 is 1.09 bits per heavy atom. The standard InChI is InChI=1S/C17H13F2N3O/c1-10-3-2-4-11(7-10)15-9-16(23)22-17(21-15)20-14-6-5-12(18)8-13(14)19/h2-9H,1H3,(H2,20,21,22,23). The van der Waals surface area contributed by atoms with Crippen molar-refractivity contribution in [3.05, 3.63) is 76.1 Å². The molecule has 1 heterocycles. The fraction of sp³-hybridized carbons (Fsp3) is 0.0588. The zero-order chi connectivity index (χ0) is 16.4. The van der Waals surface area contributed by atoms with Gasteiger partial charge in [-0.1, -0.05) is 23.8 Å². The van der Waals surface area contributed by atoms with E-state index in [4.69, 9.17) is 0 Å². The highest BCUT2D eigenvalue weighted by Crippen LogP contribution is 2.21. The third kappa shape index (κ3) is 3.42. The van der Waals surface area contributed by atoms with Gasteiger partial charge in [-0.3, -0.25) is 9.78 Å². The summed E-state index contributed by atoms with van der Waals surface area (Å²) in [6, 6.07) is 12.0. The van der Waals surface area contributed by atoms with E-state index in [1.807, 2.05) is 31.2 Å². The van der Waals surface area contributed by atoms with Crippen molar-refractivity contribution >= 4 is 11.6 Å². The minimum absolute atomic E-state index is 0.0240. The molecule has 6 heteroatoms. The normalized spacial score (nSPS) is 10.6. The van der Waals surface area contributed by atoms with Crippen molar-refractivity contribution in [1.29, 1.82) is 0 Å². The third-order valence-electron chi connectivity index (χ3n) is 3.24. The lowest BCUT2D eigenvalue weighted by atomic mass is 10.1. The Morgan fingerprint density at radius 3 is 2.65 bits per heavy atom. The lowest BCUT2D eigenvalue weighted by Crippen LogP contribution is -2.11. The van der Waals surface area contributed by atoms with E-state index in [0.717, 1.165) is 23.3 Å². The molecule has 0 aliphatic rings. The monoisotopic (exact) mass is 313 g/mol. The van der Waals surface area contributed by atoms with Crippen LogP contribution in [0.2, 0.25) is 0 Å². The predicted octanol–water partition coefficient (Wildman–Crippen LogP) is 3.77. The van der Waals surface area contributed by atoms with Gasteiger partial charge in [0.15, 0.2) is 0 Å². The average molecular weight is 313 g/mol. The van der Waals surface area contributed by atoms with Crippen molar-refractivity contribution in [2.24, 2.45) is 0 Å². The summed E-state index contributed by atoms with van der Waals surface area (Å²) in [5, 5.41) is 2.66. The topological polar surface area (TPSA) is 57.8 Å². The fourth-order valence-corrected chi connectivity index (χ4v) is 2.19. The molecule has 0 radical (unpaired) electrons. The first-order chi connectivity index (χ1) is 11.0. The molecule has 0 saturated heterocycles. The number of hydrogen-bond acceptors (Lipinski definition) is 3. The summed E-state index contributed by atoms with van der Waals surface area (Å²) in [7, 11) is 0. The van der Waals surface area contributed by atoms with E-state index in [1.54, 1.807) is 0 Å². The number of nitrogens with zero attached hydrogens (tertiary/aromatic N) is 1. The Morgan fingerprint density at radius 2 is 1.91 bits per heavy atom. The molecular formula is C17H13F2N3O. The van der Waals surface area contributed by atoms with E-state index in [-0.39, 0.29) is 17.2 Å². The maximum absolute atomic E-state index is 13.7. The van der Waals surface area contributed by atoms with Crippen LogP contribution in [0, 0.1) is 18.6 Å². The number of nitrogens with one attached hydrogen (secondary N) is 2. The number of hydrogen-bond donors (Lipinski definition) is 2. The number of halogens is 2. The fourth-order valence-electron chi connectivity index (χ4n) is 2.19. The van der Waals surface area contributed by atoms with E-state index >= 15 is 0 Å². The van der Waals surface area contributed by atoms with E-state index in [1.165, 1.54) is 12.1 Å². The number of aromatic nitrogens is 2. The van der Waals surface area contributed by atoms with Gasteiger partial charge in [0.2, 0.25) is 5.95 Å². The summed E-state index contributed by atoms with van der Waals surface area (Å²) in [5.74, 6) is -1.36. The zero-order valence-corrected chi connectivity index (χ0v) is 12.2. The number of rotatable bonds is 3. The first-order valence-electron chi connectivity index (χ1n) is 6.92. The predicted molar refractivity (Wildman–Crippen MR) is 84.7 cm³/mol. The summed E-state index contributed by atoms with van der Waals surface area (Å²) in [5.41, 5.74) is 1.92. The second-order valence-electron chi connectivity index (χ2n) is 5.10. The third-order valence-corrected chi connectivity index (χ3v) is 3.24. The molecule has 0 spiro atoms. The van der Waals surface area contributed by atoms with Crippen molar-refractivity contribution in [3.63, 3.8) is 0 Å². The van der Waals surface area contributed by atoms with Gasteiger partial charge in [-0.05, 0) is 25.1 Å². The Labute approximate surface area is 130 Å². The minimum atomic E-state index is -0.770. The van der Waals surface area contributed by atoms with Crippen LogP contribution in [-0.2, 0) is 0 Å². The summed E-state index contributed by atoms with van der Waals surface area (Å²) < 4.78 is 26.6.